The smallest absolute Gasteiger partial charge is 0.417 e. The maximum atomic E-state index is 12.9. The molecule has 1 aliphatic rings. The van der Waals surface area contributed by atoms with E-state index in [-0.39, 0.29) is 25.1 Å². The molecule has 1 heterocycles. The Hall–Kier alpha value is -2.55. The Kier molecular flexibility index (Phi) is 6.48. The van der Waals surface area contributed by atoms with Crippen LogP contribution in [-0.4, -0.2) is 48.9 Å². The van der Waals surface area contributed by atoms with E-state index in [4.69, 9.17) is 11.6 Å². The predicted octanol–water partition coefficient (Wildman–Crippen LogP) is 2.26. The molecule has 6 nitrogen and oxygen atoms in total. The van der Waals surface area contributed by atoms with Gasteiger partial charge in [-0.05, 0) is 23.8 Å². The number of methoxy groups -OCH3 is 1. The molecule has 0 bridgehead atoms. The molecular formula is C17H16ClF3N2O4. The summed E-state index contributed by atoms with van der Waals surface area (Å²) in [6.45, 7) is 0.361. The average Bonchev–Trinajstić information content (AvgIpc) is 2.61. The summed E-state index contributed by atoms with van der Waals surface area (Å²) >= 11 is 5.56. The number of carbonyl (C=O) groups is 3. The van der Waals surface area contributed by atoms with Gasteiger partial charge >= 0.3 is 12.1 Å². The van der Waals surface area contributed by atoms with Crippen molar-refractivity contribution in [3.63, 3.8) is 0 Å². The topological polar surface area (TPSA) is 75.7 Å². The highest BCUT2D eigenvalue weighted by molar-refractivity contribution is 6.31. The summed E-state index contributed by atoms with van der Waals surface area (Å²) in [5.74, 6) is -1.77. The maximum Gasteiger partial charge on any atom is 0.417 e. The highest BCUT2D eigenvalue weighted by Crippen LogP contribution is 2.35. The molecule has 0 saturated carbocycles. The van der Waals surface area contributed by atoms with Crippen molar-refractivity contribution >= 4 is 35.5 Å². The van der Waals surface area contributed by atoms with Crippen molar-refractivity contribution < 1.29 is 32.3 Å². The molecule has 0 unspecified atom stereocenters. The first-order chi connectivity index (χ1) is 12.6. The largest absolute Gasteiger partial charge is 0.469 e. The predicted molar refractivity (Wildman–Crippen MR) is 90.6 cm³/mol. The normalized spacial score (nSPS) is 17.7. The number of halogens is 4. The monoisotopic (exact) mass is 404 g/mol. The van der Waals surface area contributed by atoms with E-state index in [1.165, 1.54) is 17.0 Å². The molecule has 2 amide bonds. The lowest BCUT2D eigenvalue weighted by molar-refractivity contribution is -0.148. The van der Waals surface area contributed by atoms with Crippen molar-refractivity contribution in [1.29, 1.82) is 0 Å². The minimum absolute atomic E-state index is 0.117. The molecule has 1 atom stereocenters. The first-order valence-electron chi connectivity index (χ1n) is 7.83. The molecule has 1 N–H and O–H groups in total. The lowest BCUT2D eigenvalue weighted by Gasteiger charge is -2.33. The van der Waals surface area contributed by atoms with Crippen molar-refractivity contribution in [2.75, 3.05) is 20.2 Å². The molecule has 0 aromatic heterocycles. The Morgan fingerprint density at radius 3 is 2.74 bits per heavy atom. The summed E-state index contributed by atoms with van der Waals surface area (Å²) in [6, 6.07) is 2.19. The molecule has 27 heavy (non-hydrogen) atoms. The molecule has 10 heteroatoms. The first-order valence-corrected chi connectivity index (χ1v) is 8.21. The molecule has 0 aliphatic carbocycles. The minimum atomic E-state index is -4.62. The molecule has 146 valence electrons. The number of nitrogens with one attached hydrogen (secondary N) is 1. The van der Waals surface area contributed by atoms with Crippen LogP contribution in [0.1, 0.15) is 17.5 Å². The summed E-state index contributed by atoms with van der Waals surface area (Å²) in [4.78, 5) is 37.0. The van der Waals surface area contributed by atoms with Crippen molar-refractivity contribution in [1.82, 2.24) is 10.2 Å². The number of piperazine rings is 1. The number of hydrogen-bond acceptors (Lipinski definition) is 4. The van der Waals surface area contributed by atoms with Crippen LogP contribution in [0.2, 0.25) is 5.02 Å². The fourth-order valence-corrected chi connectivity index (χ4v) is 2.77. The van der Waals surface area contributed by atoms with Crippen LogP contribution in [0.3, 0.4) is 0 Å². The van der Waals surface area contributed by atoms with Crippen LogP contribution in [0.15, 0.2) is 24.3 Å². The van der Waals surface area contributed by atoms with Crippen LogP contribution in [0.25, 0.3) is 6.08 Å². The van der Waals surface area contributed by atoms with Crippen LogP contribution < -0.4 is 5.32 Å². The third kappa shape index (κ3) is 5.22. The van der Waals surface area contributed by atoms with Crippen molar-refractivity contribution in [2.45, 2.75) is 18.6 Å². The fourth-order valence-electron chi connectivity index (χ4n) is 2.55. The van der Waals surface area contributed by atoms with Gasteiger partial charge in [0.05, 0.1) is 24.1 Å². The van der Waals surface area contributed by atoms with Gasteiger partial charge in [-0.15, -0.1) is 0 Å². The van der Waals surface area contributed by atoms with Gasteiger partial charge in [0.2, 0.25) is 11.8 Å². The van der Waals surface area contributed by atoms with E-state index in [2.05, 4.69) is 10.1 Å². The molecule has 2 rings (SSSR count). The summed E-state index contributed by atoms with van der Waals surface area (Å²) in [5.41, 5.74) is -0.897. The molecule has 1 aliphatic heterocycles. The van der Waals surface area contributed by atoms with Gasteiger partial charge in [0, 0.05) is 19.2 Å². The second kappa shape index (κ2) is 8.43. The van der Waals surface area contributed by atoms with Crippen molar-refractivity contribution in [3.05, 3.63) is 40.4 Å². The van der Waals surface area contributed by atoms with Crippen molar-refractivity contribution in [3.8, 4) is 0 Å². The van der Waals surface area contributed by atoms with Crippen LogP contribution in [0.5, 0.6) is 0 Å². The third-order valence-electron chi connectivity index (χ3n) is 3.92. The number of alkyl halides is 3. The molecule has 1 aromatic rings. The highest BCUT2D eigenvalue weighted by atomic mass is 35.5. The standard InChI is InChI=1S/C17H16ClF3N2O4/c1-27-15(25)9-13-16(26)22-6-7-23(13)14(24)5-3-10-2-4-12(18)11(8-10)17(19,20)21/h2-5,8,13H,6-7,9H2,1H3,(H,22,26)/b5-3+/t13-/m0/s1. The summed E-state index contributed by atoms with van der Waals surface area (Å²) in [5, 5.41) is 2.10. The van der Waals surface area contributed by atoms with E-state index in [9.17, 15) is 27.6 Å². The van der Waals surface area contributed by atoms with E-state index >= 15 is 0 Å². The lowest BCUT2D eigenvalue weighted by Crippen LogP contribution is -2.57. The van der Waals surface area contributed by atoms with E-state index < -0.39 is 40.6 Å². The Morgan fingerprint density at radius 1 is 1.41 bits per heavy atom. The Balaban J connectivity index is 2.19. The van der Waals surface area contributed by atoms with Gasteiger partial charge in [-0.2, -0.15) is 13.2 Å². The zero-order valence-electron chi connectivity index (χ0n) is 14.2. The van der Waals surface area contributed by atoms with Crippen LogP contribution in [0, 0.1) is 0 Å². The number of esters is 1. The third-order valence-corrected chi connectivity index (χ3v) is 4.25. The number of amides is 2. The number of benzene rings is 1. The molecule has 0 radical (unpaired) electrons. The number of carbonyl (C=O) groups excluding carboxylic acids is 3. The summed E-state index contributed by atoms with van der Waals surface area (Å²) in [7, 11) is 1.16. The zero-order chi connectivity index (χ0) is 20.2. The first kappa shape index (κ1) is 20.8. The fraction of sp³-hybridized carbons (Fsp3) is 0.353. The van der Waals surface area contributed by atoms with E-state index in [0.29, 0.717) is 0 Å². The Bertz CT molecular complexity index is 780. The maximum absolute atomic E-state index is 12.9. The van der Waals surface area contributed by atoms with Crippen molar-refractivity contribution in [2.24, 2.45) is 0 Å². The van der Waals surface area contributed by atoms with Gasteiger partial charge in [-0.25, -0.2) is 0 Å². The quantitative estimate of drug-likeness (QED) is 0.617. The summed E-state index contributed by atoms with van der Waals surface area (Å²) in [6.07, 6.45) is -2.70. The van der Waals surface area contributed by atoms with Crippen LogP contribution in [0.4, 0.5) is 13.2 Å². The average molecular weight is 405 g/mol. The number of hydrogen-bond donors (Lipinski definition) is 1. The van der Waals surface area contributed by atoms with Crippen LogP contribution >= 0.6 is 11.6 Å². The van der Waals surface area contributed by atoms with Gasteiger partial charge in [-0.1, -0.05) is 17.7 Å². The number of ether oxygens (including phenoxy) is 1. The van der Waals surface area contributed by atoms with Gasteiger partial charge in [0.1, 0.15) is 6.04 Å². The second-order valence-electron chi connectivity index (χ2n) is 5.69. The molecule has 1 fully saturated rings. The van der Waals surface area contributed by atoms with E-state index in [1.54, 1.807) is 0 Å². The minimum Gasteiger partial charge on any atom is -0.469 e. The highest BCUT2D eigenvalue weighted by Gasteiger charge is 2.35. The second-order valence-corrected chi connectivity index (χ2v) is 6.10. The molecule has 1 aromatic carbocycles. The van der Waals surface area contributed by atoms with E-state index in [1.807, 2.05) is 0 Å². The van der Waals surface area contributed by atoms with E-state index in [0.717, 1.165) is 25.3 Å². The Labute approximate surface area is 157 Å². The Morgan fingerprint density at radius 2 is 2.11 bits per heavy atom. The number of nitrogens with zero attached hydrogens (tertiary/aromatic N) is 1. The van der Waals surface area contributed by atoms with Gasteiger partial charge in [0.15, 0.2) is 0 Å². The SMILES string of the molecule is COC(=O)C[C@H]1C(=O)NCCN1C(=O)/C=C/c1ccc(Cl)c(C(F)(F)F)c1. The zero-order valence-corrected chi connectivity index (χ0v) is 14.9. The van der Waals surface area contributed by atoms with Gasteiger partial charge in [0.25, 0.3) is 0 Å². The molecule has 1 saturated heterocycles. The van der Waals surface area contributed by atoms with Gasteiger partial charge < -0.3 is 15.0 Å². The molecule has 0 spiro atoms. The van der Waals surface area contributed by atoms with Gasteiger partial charge in [-0.3, -0.25) is 14.4 Å². The number of rotatable bonds is 4. The van der Waals surface area contributed by atoms with Crippen LogP contribution in [-0.2, 0) is 25.3 Å². The molecular weight excluding hydrogens is 389 g/mol. The lowest BCUT2D eigenvalue weighted by atomic mass is 10.1. The summed E-state index contributed by atoms with van der Waals surface area (Å²) < 4.78 is 43.2.